The number of allylic oxidation sites excluding steroid dienone is 1. The number of hydrogen-bond donors (Lipinski definition) is 2. The van der Waals surface area contributed by atoms with Crippen LogP contribution in [0.5, 0.6) is 0 Å². The zero-order valence-corrected chi connectivity index (χ0v) is 9.53. The molecule has 0 saturated heterocycles. The fraction of sp³-hybridized carbons (Fsp3) is 0.231. The molecule has 16 heavy (non-hydrogen) atoms. The lowest BCUT2D eigenvalue weighted by Crippen LogP contribution is -2.26. The molecule has 0 radical (unpaired) electrons. The average Bonchev–Trinajstić information content (AvgIpc) is 2.69. The third-order valence-electron chi connectivity index (χ3n) is 2.53. The fourth-order valence-electron chi connectivity index (χ4n) is 1.80. The molecule has 0 aliphatic rings. The van der Waals surface area contributed by atoms with Gasteiger partial charge in [0.15, 0.2) is 0 Å². The number of hydrogen-bond acceptors (Lipinski definition) is 3. The first-order valence-corrected chi connectivity index (χ1v) is 5.29. The van der Waals surface area contributed by atoms with Gasteiger partial charge in [0.05, 0.1) is 12.3 Å². The minimum absolute atomic E-state index is 0.00588. The van der Waals surface area contributed by atoms with Gasteiger partial charge in [-0.25, -0.2) is 5.43 Å². The van der Waals surface area contributed by atoms with Crippen LogP contribution in [-0.2, 0) is 0 Å². The number of furan rings is 1. The van der Waals surface area contributed by atoms with Crippen molar-refractivity contribution in [1.82, 2.24) is 5.43 Å². The summed E-state index contributed by atoms with van der Waals surface area (Å²) in [5.41, 5.74) is 5.97. The Labute approximate surface area is 94.9 Å². The van der Waals surface area contributed by atoms with Crippen molar-refractivity contribution in [1.29, 1.82) is 0 Å². The second kappa shape index (κ2) is 4.51. The van der Waals surface area contributed by atoms with Crippen LogP contribution in [0.2, 0.25) is 0 Å². The Morgan fingerprint density at radius 3 is 2.81 bits per heavy atom. The van der Waals surface area contributed by atoms with Crippen LogP contribution in [-0.4, -0.2) is 0 Å². The van der Waals surface area contributed by atoms with Crippen LogP contribution >= 0.6 is 0 Å². The molecule has 3 heteroatoms. The Morgan fingerprint density at radius 1 is 1.38 bits per heavy atom. The molecule has 0 aliphatic heterocycles. The molecule has 1 atom stereocenters. The van der Waals surface area contributed by atoms with Crippen LogP contribution < -0.4 is 11.3 Å². The number of nitrogens with one attached hydrogen (secondary N) is 1. The van der Waals surface area contributed by atoms with Gasteiger partial charge in [-0.2, -0.15) is 0 Å². The Morgan fingerprint density at radius 2 is 2.12 bits per heavy atom. The van der Waals surface area contributed by atoms with Gasteiger partial charge < -0.3 is 4.42 Å². The molecule has 0 fully saturated rings. The van der Waals surface area contributed by atoms with E-state index >= 15 is 0 Å². The van der Waals surface area contributed by atoms with Crippen molar-refractivity contribution in [3.8, 4) is 0 Å². The van der Waals surface area contributed by atoms with Crippen LogP contribution in [0.1, 0.15) is 25.5 Å². The molecule has 2 aromatic rings. The summed E-state index contributed by atoms with van der Waals surface area (Å²) in [5, 5.41) is 1.10. The van der Waals surface area contributed by atoms with Crippen LogP contribution in [0.3, 0.4) is 0 Å². The molecule has 0 spiro atoms. The van der Waals surface area contributed by atoms with E-state index < -0.39 is 0 Å². The highest BCUT2D eigenvalue weighted by atomic mass is 16.3. The predicted octanol–water partition coefficient (Wildman–Crippen LogP) is 2.90. The lowest BCUT2D eigenvalue weighted by Gasteiger charge is -2.10. The largest absolute Gasteiger partial charge is 0.464 e. The standard InChI is InChI=1S/C13H16N2O/c1-9(2)7-12(15-14)11-8-16-13-6-4-3-5-10(11)13/h3-8,12,15H,14H2,1-2H3. The third kappa shape index (κ3) is 2.01. The fourth-order valence-corrected chi connectivity index (χ4v) is 1.80. The average molecular weight is 216 g/mol. The van der Waals surface area contributed by atoms with Gasteiger partial charge in [0.2, 0.25) is 0 Å². The van der Waals surface area contributed by atoms with E-state index in [1.165, 1.54) is 5.57 Å². The summed E-state index contributed by atoms with van der Waals surface area (Å²) in [7, 11) is 0. The zero-order valence-electron chi connectivity index (χ0n) is 9.53. The van der Waals surface area contributed by atoms with Gasteiger partial charge in [0.1, 0.15) is 5.58 Å². The summed E-state index contributed by atoms with van der Waals surface area (Å²) in [6.07, 6.45) is 3.84. The van der Waals surface area contributed by atoms with Crippen molar-refractivity contribution in [2.24, 2.45) is 5.84 Å². The molecule has 3 N–H and O–H groups in total. The van der Waals surface area contributed by atoms with E-state index in [-0.39, 0.29) is 6.04 Å². The molecule has 1 heterocycles. The molecule has 0 amide bonds. The quantitative estimate of drug-likeness (QED) is 0.471. The Kier molecular flexibility index (Phi) is 3.08. The molecule has 1 aromatic carbocycles. The number of para-hydroxylation sites is 1. The Bertz CT molecular complexity index is 509. The number of rotatable bonds is 3. The first kappa shape index (κ1) is 10.9. The summed E-state index contributed by atoms with van der Waals surface area (Å²) in [6.45, 7) is 4.10. The van der Waals surface area contributed by atoms with E-state index in [4.69, 9.17) is 10.3 Å². The first-order chi connectivity index (χ1) is 7.72. The summed E-state index contributed by atoms with van der Waals surface area (Å²) in [4.78, 5) is 0. The highest BCUT2D eigenvalue weighted by molar-refractivity contribution is 5.81. The number of fused-ring (bicyclic) bond motifs is 1. The van der Waals surface area contributed by atoms with Crippen LogP contribution in [0.25, 0.3) is 11.0 Å². The lowest BCUT2D eigenvalue weighted by molar-refractivity contribution is 0.590. The molecule has 0 saturated carbocycles. The lowest BCUT2D eigenvalue weighted by atomic mass is 10.0. The number of benzene rings is 1. The third-order valence-corrected chi connectivity index (χ3v) is 2.53. The monoisotopic (exact) mass is 216 g/mol. The Balaban J connectivity index is 2.49. The maximum Gasteiger partial charge on any atom is 0.134 e. The van der Waals surface area contributed by atoms with E-state index in [1.54, 1.807) is 6.26 Å². The van der Waals surface area contributed by atoms with E-state index in [9.17, 15) is 0 Å². The Hall–Kier alpha value is -1.58. The minimum Gasteiger partial charge on any atom is -0.464 e. The SMILES string of the molecule is CC(C)=CC(NN)c1coc2ccccc12. The maximum atomic E-state index is 5.57. The van der Waals surface area contributed by atoms with E-state index in [2.05, 4.69) is 11.5 Å². The topological polar surface area (TPSA) is 51.2 Å². The first-order valence-electron chi connectivity index (χ1n) is 5.29. The van der Waals surface area contributed by atoms with Gasteiger partial charge >= 0.3 is 0 Å². The summed E-state index contributed by atoms with van der Waals surface area (Å²) in [6, 6.07) is 7.94. The minimum atomic E-state index is -0.00588. The van der Waals surface area contributed by atoms with Crippen LogP contribution in [0.15, 0.2) is 46.6 Å². The summed E-state index contributed by atoms with van der Waals surface area (Å²) >= 11 is 0. The van der Waals surface area contributed by atoms with Gasteiger partial charge in [-0.3, -0.25) is 5.84 Å². The number of nitrogens with two attached hydrogens (primary N) is 1. The van der Waals surface area contributed by atoms with Crippen molar-refractivity contribution in [2.45, 2.75) is 19.9 Å². The van der Waals surface area contributed by atoms with Crippen LogP contribution in [0, 0.1) is 0 Å². The second-order valence-electron chi connectivity index (χ2n) is 4.08. The van der Waals surface area contributed by atoms with Crippen molar-refractivity contribution in [3.63, 3.8) is 0 Å². The molecule has 1 unspecified atom stereocenters. The van der Waals surface area contributed by atoms with Gasteiger partial charge in [0, 0.05) is 10.9 Å². The summed E-state index contributed by atoms with van der Waals surface area (Å²) < 4.78 is 5.49. The van der Waals surface area contributed by atoms with E-state index in [0.29, 0.717) is 0 Å². The predicted molar refractivity (Wildman–Crippen MR) is 65.7 cm³/mol. The number of hydrazine groups is 1. The molecule has 0 bridgehead atoms. The van der Waals surface area contributed by atoms with Crippen molar-refractivity contribution in [2.75, 3.05) is 0 Å². The smallest absolute Gasteiger partial charge is 0.134 e. The highest BCUT2D eigenvalue weighted by Gasteiger charge is 2.12. The van der Waals surface area contributed by atoms with E-state index in [1.807, 2.05) is 38.1 Å². The van der Waals surface area contributed by atoms with Gasteiger partial charge in [-0.15, -0.1) is 0 Å². The molecular formula is C13H16N2O. The molecule has 3 nitrogen and oxygen atoms in total. The summed E-state index contributed by atoms with van der Waals surface area (Å²) in [5.74, 6) is 5.57. The normalized spacial score (nSPS) is 12.7. The molecule has 0 aliphatic carbocycles. The molecule has 84 valence electrons. The highest BCUT2D eigenvalue weighted by Crippen LogP contribution is 2.27. The van der Waals surface area contributed by atoms with Gasteiger partial charge in [0.25, 0.3) is 0 Å². The molecule has 2 rings (SSSR count). The van der Waals surface area contributed by atoms with E-state index in [0.717, 1.165) is 16.5 Å². The zero-order chi connectivity index (χ0) is 11.5. The van der Waals surface area contributed by atoms with Gasteiger partial charge in [-0.05, 0) is 19.9 Å². The van der Waals surface area contributed by atoms with Crippen molar-refractivity contribution in [3.05, 3.63) is 47.7 Å². The van der Waals surface area contributed by atoms with Gasteiger partial charge in [-0.1, -0.05) is 29.8 Å². The second-order valence-corrected chi connectivity index (χ2v) is 4.08. The van der Waals surface area contributed by atoms with Crippen LogP contribution in [0.4, 0.5) is 0 Å². The maximum absolute atomic E-state index is 5.57. The molecular weight excluding hydrogens is 200 g/mol. The molecule has 1 aromatic heterocycles. The van der Waals surface area contributed by atoms with Crippen molar-refractivity contribution >= 4 is 11.0 Å². The van der Waals surface area contributed by atoms with Crippen molar-refractivity contribution < 1.29 is 4.42 Å².